The predicted molar refractivity (Wildman–Crippen MR) is 68.0 cm³/mol. The van der Waals surface area contributed by atoms with Gasteiger partial charge in [-0.2, -0.15) is 0 Å². The van der Waals surface area contributed by atoms with Crippen LogP contribution in [0.25, 0.3) is 0 Å². The summed E-state index contributed by atoms with van der Waals surface area (Å²) in [5.74, 6) is -2.03. The van der Waals surface area contributed by atoms with Gasteiger partial charge in [-0.1, -0.05) is 6.07 Å². The number of carbonyl (C=O) groups excluding carboxylic acids is 3. The number of nitrogens with two attached hydrogens (primary N) is 2. The van der Waals surface area contributed by atoms with Crippen LogP contribution in [0.1, 0.15) is 10.4 Å². The number of benzene rings is 1. The van der Waals surface area contributed by atoms with Gasteiger partial charge in [-0.05, 0) is 28.1 Å². The van der Waals surface area contributed by atoms with Crippen LogP contribution in [0.2, 0.25) is 0 Å². The molecule has 0 saturated heterocycles. The quantitative estimate of drug-likeness (QED) is 0.753. The van der Waals surface area contributed by atoms with Crippen LogP contribution in [0.15, 0.2) is 22.7 Å². The molecule has 1 aromatic carbocycles. The Kier molecular flexibility index (Phi) is 3.18. The standard InChI is InChI=1S/C11H10BrN3O3/c12-6-3-1-2-5-8(6)15(11(18)9(5)16)4-7(13)10(14)17/h1-3,7H,4,13H2,(H2,14,17). The van der Waals surface area contributed by atoms with E-state index < -0.39 is 23.6 Å². The molecule has 0 radical (unpaired) electrons. The fourth-order valence-electron chi connectivity index (χ4n) is 1.77. The molecular formula is C11H10BrN3O3. The van der Waals surface area contributed by atoms with Crippen molar-refractivity contribution < 1.29 is 14.4 Å². The highest BCUT2D eigenvalue weighted by Gasteiger charge is 2.38. The molecule has 1 aliphatic heterocycles. The summed E-state index contributed by atoms with van der Waals surface area (Å²) in [6.45, 7) is -0.116. The summed E-state index contributed by atoms with van der Waals surface area (Å²) < 4.78 is 0.593. The maximum atomic E-state index is 11.8. The predicted octanol–water partition coefficient (Wildman–Crippen LogP) is -0.209. The van der Waals surface area contributed by atoms with Gasteiger partial charge in [0.2, 0.25) is 5.91 Å². The van der Waals surface area contributed by atoms with Gasteiger partial charge in [-0.15, -0.1) is 0 Å². The lowest BCUT2D eigenvalue weighted by atomic mass is 10.1. The van der Waals surface area contributed by atoms with Gasteiger partial charge in [0.05, 0.1) is 17.8 Å². The zero-order valence-electron chi connectivity index (χ0n) is 9.22. The van der Waals surface area contributed by atoms with Crippen LogP contribution >= 0.6 is 15.9 Å². The average Bonchev–Trinajstić information content (AvgIpc) is 2.56. The molecule has 1 aromatic rings. The SMILES string of the molecule is NC(=O)C(N)CN1C(=O)C(=O)c2cccc(Br)c21. The first kappa shape index (κ1) is 12.7. The summed E-state index contributed by atoms with van der Waals surface area (Å²) in [6.07, 6.45) is 0. The molecule has 1 aliphatic rings. The van der Waals surface area contributed by atoms with E-state index in [0.29, 0.717) is 15.7 Å². The van der Waals surface area contributed by atoms with Gasteiger partial charge >= 0.3 is 0 Å². The summed E-state index contributed by atoms with van der Waals surface area (Å²) in [7, 11) is 0. The van der Waals surface area contributed by atoms with E-state index in [2.05, 4.69) is 15.9 Å². The Balaban J connectivity index is 2.42. The maximum absolute atomic E-state index is 11.8. The van der Waals surface area contributed by atoms with E-state index in [1.165, 1.54) is 4.90 Å². The van der Waals surface area contributed by atoms with E-state index in [9.17, 15) is 14.4 Å². The number of nitrogens with zero attached hydrogens (tertiary/aromatic N) is 1. The van der Waals surface area contributed by atoms with Gasteiger partial charge in [0.15, 0.2) is 0 Å². The number of Topliss-reactive ketones (excluding diaryl/α,β-unsaturated/α-hetero) is 1. The van der Waals surface area contributed by atoms with Crippen LogP contribution in [0.4, 0.5) is 5.69 Å². The number of amides is 2. The molecule has 0 bridgehead atoms. The van der Waals surface area contributed by atoms with Crippen molar-refractivity contribution in [1.82, 2.24) is 0 Å². The molecule has 2 rings (SSSR count). The zero-order chi connectivity index (χ0) is 13.4. The third kappa shape index (κ3) is 1.91. The molecule has 1 unspecified atom stereocenters. The van der Waals surface area contributed by atoms with Crippen molar-refractivity contribution in [2.75, 3.05) is 11.4 Å². The van der Waals surface area contributed by atoms with E-state index in [0.717, 1.165) is 0 Å². The summed E-state index contributed by atoms with van der Waals surface area (Å²) in [6, 6.07) is 3.90. The van der Waals surface area contributed by atoms with Crippen LogP contribution in [-0.2, 0) is 9.59 Å². The Hall–Kier alpha value is -1.73. The molecule has 0 aliphatic carbocycles. The number of ketones is 1. The molecule has 0 fully saturated rings. The minimum atomic E-state index is -1.01. The number of halogens is 1. The largest absolute Gasteiger partial charge is 0.368 e. The molecule has 2 amide bonds. The highest BCUT2D eigenvalue weighted by molar-refractivity contribution is 9.10. The molecule has 4 N–H and O–H groups in total. The number of rotatable bonds is 3. The topological polar surface area (TPSA) is 106 Å². The highest BCUT2D eigenvalue weighted by Crippen LogP contribution is 2.35. The van der Waals surface area contributed by atoms with Gasteiger partial charge in [0.25, 0.3) is 11.7 Å². The Labute approximate surface area is 111 Å². The molecule has 18 heavy (non-hydrogen) atoms. The third-order valence-electron chi connectivity index (χ3n) is 2.69. The van der Waals surface area contributed by atoms with E-state index in [1.54, 1.807) is 18.2 Å². The number of anilines is 1. The van der Waals surface area contributed by atoms with Crippen molar-refractivity contribution in [3.8, 4) is 0 Å². The minimum absolute atomic E-state index is 0.116. The Bertz CT molecular complexity index is 558. The molecular weight excluding hydrogens is 302 g/mol. The number of primary amides is 1. The number of hydrogen-bond donors (Lipinski definition) is 2. The lowest BCUT2D eigenvalue weighted by Crippen LogP contribution is -2.47. The van der Waals surface area contributed by atoms with E-state index in [4.69, 9.17) is 11.5 Å². The molecule has 1 atom stereocenters. The average molecular weight is 312 g/mol. The van der Waals surface area contributed by atoms with E-state index >= 15 is 0 Å². The van der Waals surface area contributed by atoms with Gasteiger partial charge in [0, 0.05) is 4.47 Å². The normalized spacial score (nSPS) is 15.8. The van der Waals surface area contributed by atoms with Gasteiger partial charge < -0.3 is 16.4 Å². The summed E-state index contributed by atoms with van der Waals surface area (Å²) in [4.78, 5) is 35.7. The van der Waals surface area contributed by atoms with Crippen molar-refractivity contribution >= 4 is 39.2 Å². The van der Waals surface area contributed by atoms with Crippen molar-refractivity contribution in [2.45, 2.75) is 6.04 Å². The van der Waals surface area contributed by atoms with Gasteiger partial charge in [0.1, 0.15) is 6.04 Å². The van der Waals surface area contributed by atoms with E-state index in [-0.39, 0.29) is 6.54 Å². The maximum Gasteiger partial charge on any atom is 0.299 e. The minimum Gasteiger partial charge on any atom is -0.368 e. The van der Waals surface area contributed by atoms with Crippen LogP contribution in [0.5, 0.6) is 0 Å². The molecule has 1 heterocycles. The van der Waals surface area contributed by atoms with Gasteiger partial charge in [-0.25, -0.2) is 0 Å². The van der Waals surface area contributed by atoms with Crippen LogP contribution in [-0.4, -0.2) is 30.2 Å². The van der Waals surface area contributed by atoms with Crippen LogP contribution in [0, 0.1) is 0 Å². The zero-order valence-corrected chi connectivity index (χ0v) is 10.8. The monoisotopic (exact) mass is 311 g/mol. The second-order valence-corrected chi connectivity index (χ2v) is 4.74. The first-order valence-corrected chi connectivity index (χ1v) is 5.92. The highest BCUT2D eigenvalue weighted by atomic mass is 79.9. The number of hydrogen-bond acceptors (Lipinski definition) is 4. The van der Waals surface area contributed by atoms with Crippen molar-refractivity contribution in [3.63, 3.8) is 0 Å². The Morgan fingerprint density at radius 1 is 1.39 bits per heavy atom. The van der Waals surface area contributed by atoms with Crippen molar-refractivity contribution in [1.29, 1.82) is 0 Å². The lowest BCUT2D eigenvalue weighted by molar-refractivity contribution is -0.119. The summed E-state index contributed by atoms with van der Waals surface area (Å²) in [5.41, 5.74) is 11.3. The van der Waals surface area contributed by atoms with Crippen LogP contribution < -0.4 is 16.4 Å². The number of fused-ring (bicyclic) bond motifs is 1. The Morgan fingerprint density at radius 3 is 2.67 bits per heavy atom. The first-order valence-electron chi connectivity index (χ1n) is 5.13. The smallest absolute Gasteiger partial charge is 0.299 e. The second kappa shape index (κ2) is 4.51. The lowest BCUT2D eigenvalue weighted by Gasteiger charge is -2.20. The van der Waals surface area contributed by atoms with Crippen molar-refractivity contribution in [3.05, 3.63) is 28.2 Å². The molecule has 7 heteroatoms. The molecule has 94 valence electrons. The molecule has 6 nitrogen and oxygen atoms in total. The van der Waals surface area contributed by atoms with E-state index in [1.807, 2.05) is 0 Å². The second-order valence-electron chi connectivity index (χ2n) is 3.89. The molecule has 0 saturated carbocycles. The fourth-order valence-corrected chi connectivity index (χ4v) is 2.35. The Morgan fingerprint density at radius 2 is 2.06 bits per heavy atom. The van der Waals surface area contributed by atoms with Gasteiger partial charge in [-0.3, -0.25) is 14.4 Å². The fraction of sp³-hybridized carbons (Fsp3) is 0.182. The number of carbonyl (C=O) groups is 3. The third-order valence-corrected chi connectivity index (χ3v) is 3.33. The number of para-hydroxylation sites is 1. The molecule has 0 spiro atoms. The summed E-state index contributed by atoms with van der Waals surface area (Å²) in [5, 5.41) is 0. The summed E-state index contributed by atoms with van der Waals surface area (Å²) >= 11 is 3.27. The first-order chi connectivity index (χ1) is 8.43. The van der Waals surface area contributed by atoms with Crippen LogP contribution in [0.3, 0.4) is 0 Å². The van der Waals surface area contributed by atoms with Crippen molar-refractivity contribution in [2.24, 2.45) is 11.5 Å². The molecule has 0 aromatic heterocycles.